The third-order valence-electron chi connectivity index (χ3n) is 4.39. The average Bonchev–Trinajstić information content (AvgIpc) is 2.70. The molecule has 8 heteroatoms. The van der Waals surface area contributed by atoms with Crippen molar-refractivity contribution in [2.45, 2.75) is 39.3 Å². The number of esters is 1. The maximum absolute atomic E-state index is 13.2. The Morgan fingerprint density at radius 1 is 1.16 bits per heavy atom. The van der Waals surface area contributed by atoms with Crippen LogP contribution in [0.5, 0.6) is 0 Å². The molecule has 0 aliphatic heterocycles. The number of carbonyl (C=O) groups excluding carboxylic acids is 1. The van der Waals surface area contributed by atoms with E-state index in [4.69, 9.17) is 10.5 Å². The molecule has 0 bridgehead atoms. The van der Waals surface area contributed by atoms with Gasteiger partial charge in [-0.3, -0.25) is 14.2 Å². The molecule has 0 unspecified atom stereocenters. The Morgan fingerprint density at radius 2 is 1.90 bits per heavy atom. The second-order valence-electron chi connectivity index (χ2n) is 8.10. The Bertz CT molecular complexity index is 1100. The number of pyridine rings is 1. The van der Waals surface area contributed by atoms with Crippen molar-refractivity contribution in [1.82, 2.24) is 14.5 Å². The van der Waals surface area contributed by atoms with E-state index in [0.717, 1.165) is 12.0 Å². The van der Waals surface area contributed by atoms with E-state index in [0.29, 0.717) is 23.6 Å². The molecule has 31 heavy (non-hydrogen) atoms. The fourth-order valence-corrected chi connectivity index (χ4v) is 3.08. The highest BCUT2D eigenvalue weighted by Crippen LogP contribution is 2.20. The van der Waals surface area contributed by atoms with Gasteiger partial charge in [-0.2, -0.15) is 0 Å². The first-order valence-corrected chi connectivity index (χ1v) is 10.0. The summed E-state index contributed by atoms with van der Waals surface area (Å²) >= 11 is 0. The summed E-state index contributed by atoms with van der Waals surface area (Å²) in [6, 6.07) is 13.3. The van der Waals surface area contributed by atoms with Gasteiger partial charge in [0.2, 0.25) is 0 Å². The minimum Gasteiger partial charge on any atom is -0.459 e. The predicted molar refractivity (Wildman–Crippen MR) is 121 cm³/mol. The van der Waals surface area contributed by atoms with Gasteiger partial charge in [-0.1, -0.05) is 30.3 Å². The summed E-state index contributed by atoms with van der Waals surface area (Å²) in [6.45, 7) is 5.62. The van der Waals surface area contributed by atoms with Crippen molar-refractivity contribution in [2.75, 3.05) is 17.6 Å². The monoisotopic (exact) mass is 421 g/mol. The lowest BCUT2D eigenvalue weighted by Gasteiger charge is -2.21. The van der Waals surface area contributed by atoms with Gasteiger partial charge in [0.25, 0.3) is 5.56 Å². The summed E-state index contributed by atoms with van der Waals surface area (Å²) in [5, 5.41) is 3.08. The number of benzene rings is 1. The molecule has 3 N–H and O–H groups in total. The van der Waals surface area contributed by atoms with Crippen molar-refractivity contribution < 1.29 is 9.53 Å². The second-order valence-corrected chi connectivity index (χ2v) is 8.10. The lowest BCUT2D eigenvalue weighted by atomic mass is 10.1. The van der Waals surface area contributed by atoms with Gasteiger partial charge >= 0.3 is 5.97 Å². The van der Waals surface area contributed by atoms with E-state index in [9.17, 15) is 9.59 Å². The summed E-state index contributed by atoms with van der Waals surface area (Å²) in [7, 11) is 0. The summed E-state index contributed by atoms with van der Waals surface area (Å²) in [5.74, 6) is -0.0385. The summed E-state index contributed by atoms with van der Waals surface area (Å²) in [4.78, 5) is 33.9. The fraction of sp³-hybridized carbons (Fsp3) is 0.304. The van der Waals surface area contributed by atoms with Crippen LogP contribution in [0.25, 0.3) is 11.3 Å². The van der Waals surface area contributed by atoms with Crippen molar-refractivity contribution in [3.63, 3.8) is 0 Å². The molecule has 0 radical (unpaired) electrons. The smallest absolute Gasteiger partial charge is 0.326 e. The number of aromatic nitrogens is 3. The molecule has 1 aromatic carbocycles. The number of carbonyl (C=O) groups is 1. The zero-order chi connectivity index (χ0) is 22.4. The minimum absolute atomic E-state index is 0.172. The number of anilines is 2. The van der Waals surface area contributed by atoms with Crippen molar-refractivity contribution in [2.24, 2.45) is 0 Å². The van der Waals surface area contributed by atoms with Crippen LogP contribution < -0.4 is 16.6 Å². The van der Waals surface area contributed by atoms with Crippen LogP contribution in [0.3, 0.4) is 0 Å². The third-order valence-corrected chi connectivity index (χ3v) is 4.39. The van der Waals surface area contributed by atoms with E-state index in [1.807, 2.05) is 30.3 Å². The Hall–Kier alpha value is -3.68. The van der Waals surface area contributed by atoms with Crippen LogP contribution in [0, 0.1) is 0 Å². The first kappa shape index (κ1) is 22.0. The van der Waals surface area contributed by atoms with Crippen molar-refractivity contribution in [3.05, 3.63) is 70.8 Å². The second kappa shape index (κ2) is 9.42. The quantitative estimate of drug-likeness (QED) is 0.564. The molecule has 8 nitrogen and oxygen atoms in total. The van der Waals surface area contributed by atoms with E-state index in [2.05, 4.69) is 15.3 Å². The van der Waals surface area contributed by atoms with Crippen LogP contribution in [0.4, 0.5) is 11.6 Å². The van der Waals surface area contributed by atoms with Crippen molar-refractivity contribution in [3.8, 4) is 11.3 Å². The maximum atomic E-state index is 13.2. The van der Waals surface area contributed by atoms with Crippen LogP contribution in [-0.2, 0) is 22.5 Å². The molecule has 0 atom stereocenters. The Labute approximate surface area is 181 Å². The molecule has 2 aromatic heterocycles. The molecule has 0 spiro atoms. The van der Waals surface area contributed by atoms with E-state index in [-0.39, 0.29) is 12.4 Å². The number of nitrogens with one attached hydrogen (secondary N) is 1. The number of ether oxygens (including phenoxy) is 1. The topological polar surface area (TPSA) is 112 Å². The summed E-state index contributed by atoms with van der Waals surface area (Å²) < 4.78 is 6.76. The lowest BCUT2D eigenvalue weighted by molar-refractivity contribution is -0.155. The molecule has 162 valence electrons. The predicted octanol–water partition coefficient (Wildman–Crippen LogP) is 2.88. The first-order valence-electron chi connectivity index (χ1n) is 10.0. The average molecular weight is 422 g/mol. The molecule has 0 saturated heterocycles. The molecule has 0 aliphatic rings. The number of hydrogen-bond acceptors (Lipinski definition) is 7. The number of rotatable bonds is 7. The van der Waals surface area contributed by atoms with Crippen LogP contribution in [0.15, 0.2) is 59.7 Å². The molecular weight excluding hydrogens is 394 g/mol. The molecule has 3 rings (SSSR count). The van der Waals surface area contributed by atoms with Gasteiger partial charge in [0.05, 0.1) is 11.9 Å². The van der Waals surface area contributed by atoms with E-state index in [1.54, 1.807) is 45.3 Å². The highest BCUT2D eigenvalue weighted by Gasteiger charge is 2.20. The molecule has 0 aliphatic carbocycles. The molecule has 0 saturated carbocycles. The largest absolute Gasteiger partial charge is 0.459 e. The van der Waals surface area contributed by atoms with E-state index < -0.39 is 17.1 Å². The Balaban J connectivity index is 1.89. The number of nitrogens with two attached hydrogens (primary N) is 1. The van der Waals surface area contributed by atoms with Gasteiger partial charge in [-0.25, -0.2) is 9.97 Å². The SMILES string of the molecule is CC(C)(C)OC(=O)Cn1c(-c2ccnc(N)c2)cnc(NCCc2ccccc2)c1=O. The number of nitrogens with zero attached hydrogens (tertiary/aromatic N) is 3. The van der Waals surface area contributed by atoms with Crippen LogP contribution >= 0.6 is 0 Å². The zero-order valence-electron chi connectivity index (χ0n) is 18.0. The number of hydrogen-bond donors (Lipinski definition) is 2. The summed E-state index contributed by atoms with van der Waals surface area (Å²) in [6.07, 6.45) is 3.82. The van der Waals surface area contributed by atoms with Crippen molar-refractivity contribution in [1.29, 1.82) is 0 Å². The lowest BCUT2D eigenvalue weighted by Crippen LogP contribution is -2.33. The standard InChI is InChI=1S/C23H27N5O3/c1-23(2,3)31-20(29)15-28-18(17-10-12-25-19(24)13-17)14-27-21(22(28)30)26-11-9-16-7-5-4-6-8-16/h4-8,10,12-14H,9,11,15H2,1-3H3,(H2,24,25)(H,26,27). The van der Waals surface area contributed by atoms with E-state index in [1.165, 1.54) is 4.57 Å². The molecule has 2 heterocycles. The minimum atomic E-state index is -0.661. The van der Waals surface area contributed by atoms with Crippen LogP contribution in [-0.4, -0.2) is 32.7 Å². The van der Waals surface area contributed by atoms with Gasteiger partial charge in [0.1, 0.15) is 18.0 Å². The number of nitrogen functional groups attached to an aromatic ring is 1. The molecule has 0 amide bonds. The van der Waals surface area contributed by atoms with Gasteiger partial charge in [-0.05, 0) is 44.9 Å². The maximum Gasteiger partial charge on any atom is 0.326 e. The molecule has 3 aromatic rings. The highest BCUT2D eigenvalue weighted by atomic mass is 16.6. The van der Waals surface area contributed by atoms with Gasteiger partial charge in [0.15, 0.2) is 5.82 Å². The Morgan fingerprint density at radius 3 is 2.58 bits per heavy atom. The van der Waals surface area contributed by atoms with Gasteiger partial charge in [-0.15, -0.1) is 0 Å². The fourth-order valence-electron chi connectivity index (χ4n) is 3.08. The normalized spacial score (nSPS) is 11.2. The summed E-state index contributed by atoms with van der Waals surface area (Å²) in [5.41, 5.74) is 6.96. The van der Waals surface area contributed by atoms with Crippen LogP contribution in [0.1, 0.15) is 26.3 Å². The molecular formula is C23H27N5O3. The molecule has 0 fully saturated rings. The van der Waals surface area contributed by atoms with Crippen molar-refractivity contribution >= 4 is 17.6 Å². The van der Waals surface area contributed by atoms with Crippen LogP contribution in [0.2, 0.25) is 0 Å². The van der Waals surface area contributed by atoms with Gasteiger partial charge in [0, 0.05) is 18.3 Å². The first-order chi connectivity index (χ1) is 14.7. The zero-order valence-corrected chi connectivity index (χ0v) is 18.0. The van der Waals surface area contributed by atoms with Gasteiger partial charge < -0.3 is 15.8 Å². The highest BCUT2D eigenvalue weighted by molar-refractivity contribution is 5.72. The Kier molecular flexibility index (Phi) is 6.69. The third kappa shape index (κ3) is 6.15. The van der Waals surface area contributed by atoms with E-state index >= 15 is 0 Å².